The minimum Gasteiger partial charge on any atom is -0.507 e. The Labute approximate surface area is 200 Å². The number of ether oxygens (including phenoxy) is 3. The first-order valence-corrected chi connectivity index (χ1v) is 9.86. The van der Waals surface area contributed by atoms with E-state index in [1.165, 1.54) is 30.3 Å². The molecule has 0 spiro atoms. The summed E-state index contributed by atoms with van der Waals surface area (Å²) < 4.78 is 54.0. The number of esters is 3. The molecule has 0 saturated heterocycles. The molecule has 0 bridgehead atoms. The summed E-state index contributed by atoms with van der Waals surface area (Å²) in [5, 5.41) is 19.4. The average molecular weight is 504 g/mol. The van der Waals surface area contributed by atoms with Crippen LogP contribution in [0.2, 0.25) is 0 Å². The summed E-state index contributed by atoms with van der Waals surface area (Å²) in [6, 6.07) is 10.3. The van der Waals surface area contributed by atoms with Crippen LogP contribution < -0.4 is 14.2 Å². The summed E-state index contributed by atoms with van der Waals surface area (Å²) >= 11 is 0. The lowest BCUT2D eigenvalue weighted by Gasteiger charge is -2.14. The molecule has 3 aromatic carbocycles. The molecule has 0 aliphatic rings. The van der Waals surface area contributed by atoms with Gasteiger partial charge in [-0.15, -0.1) is 0 Å². The average Bonchev–Trinajstić information content (AvgIpc) is 2.78. The molecule has 186 valence electrons. The summed E-state index contributed by atoms with van der Waals surface area (Å²) in [5.41, 5.74) is -2.85. The van der Waals surface area contributed by atoms with Crippen LogP contribution in [0.15, 0.2) is 60.7 Å². The quantitative estimate of drug-likeness (QED) is 0.368. The smallest absolute Gasteiger partial charge is 0.416 e. The van der Waals surface area contributed by atoms with E-state index in [-0.39, 0.29) is 5.56 Å². The van der Waals surface area contributed by atoms with Gasteiger partial charge in [-0.3, -0.25) is 4.79 Å². The molecule has 3 rings (SSSR count). The van der Waals surface area contributed by atoms with Crippen LogP contribution in [-0.2, 0) is 11.0 Å². The van der Waals surface area contributed by atoms with E-state index in [0.717, 1.165) is 19.1 Å². The number of hydrogen-bond acceptors (Lipinski definition) is 8. The summed E-state index contributed by atoms with van der Waals surface area (Å²) in [6.45, 7) is 0.903. The molecule has 0 atom stereocenters. The molecule has 0 aliphatic heterocycles. The number of alkyl halides is 3. The lowest BCUT2D eigenvalue weighted by molar-refractivity contribution is -0.138. The second kappa shape index (κ2) is 10.2. The van der Waals surface area contributed by atoms with Crippen molar-refractivity contribution in [3.63, 3.8) is 0 Å². The van der Waals surface area contributed by atoms with Crippen LogP contribution in [0.25, 0.3) is 0 Å². The number of hydrogen-bond donors (Lipinski definition) is 2. The maximum Gasteiger partial charge on any atom is 0.416 e. The molecule has 12 heteroatoms. The Morgan fingerprint density at radius 1 is 0.750 bits per heavy atom. The number of rotatable bonds is 6. The Balaban J connectivity index is 1.97. The second-order valence-corrected chi connectivity index (χ2v) is 7.03. The predicted octanol–water partition coefficient (Wildman–Crippen LogP) is 4.47. The Morgan fingerprint density at radius 2 is 1.33 bits per heavy atom. The minimum absolute atomic E-state index is 0.271. The van der Waals surface area contributed by atoms with Gasteiger partial charge in [0.05, 0.1) is 5.56 Å². The number of halogens is 3. The second-order valence-electron chi connectivity index (χ2n) is 7.03. The van der Waals surface area contributed by atoms with E-state index in [0.29, 0.717) is 18.2 Å². The van der Waals surface area contributed by atoms with Gasteiger partial charge in [0.2, 0.25) is 0 Å². The third-order valence-corrected chi connectivity index (χ3v) is 4.51. The molecule has 0 aromatic heterocycles. The van der Waals surface area contributed by atoms with Gasteiger partial charge in [-0.05, 0) is 42.5 Å². The van der Waals surface area contributed by atoms with Crippen LogP contribution in [0.1, 0.15) is 43.6 Å². The summed E-state index contributed by atoms with van der Waals surface area (Å²) in [5.74, 6) is -7.52. The third kappa shape index (κ3) is 5.78. The highest BCUT2D eigenvalue weighted by Gasteiger charge is 2.33. The van der Waals surface area contributed by atoms with Crippen LogP contribution in [0.5, 0.6) is 23.0 Å². The predicted molar refractivity (Wildman–Crippen MR) is 114 cm³/mol. The van der Waals surface area contributed by atoms with Crippen molar-refractivity contribution in [1.82, 2.24) is 0 Å². The number of carboxylic acid groups (broad SMARTS) is 1. The number of carbonyl (C=O) groups excluding carboxylic acids is 3. The molecule has 9 nitrogen and oxygen atoms in total. The van der Waals surface area contributed by atoms with Gasteiger partial charge in [-0.1, -0.05) is 18.2 Å². The topological polar surface area (TPSA) is 136 Å². The van der Waals surface area contributed by atoms with Crippen LogP contribution in [0.3, 0.4) is 0 Å². The Hall–Kier alpha value is -4.87. The molecule has 36 heavy (non-hydrogen) atoms. The van der Waals surface area contributed by atoms with Crippen LogP contribution in [0, 0.1) is 0 Å². The number of para-hydroxylation sites is 1. The maximum absolute atomic E-state index is 13.0. The maximum atomic E-state index is 13.0. The first kappa shape index (κ1) is 25.7. The number of carboxylic acids is 1. The first-order valence-electron chi connectivity index (χ1n) is 9.86. The fourth-order valence-electron chi connectivity index (χ4n) is 2.95. The fourth-order valence-corrected chi connectivity index (χ4v) is 2.95. The molecule has 2 N–H and O–H groups in total. The number of phenolic OH excluding ortho intramolecular Hbond substituents is 1. The van der Waals surface area contributed by atoms with E-state index in [9.17, 15) is 42.6 Å². The molecule has 0 radical (unpaired) electrons. The van der Waals surface area contributed by atoms with E-state index < -0.39 is 69.7 Å². The number of benzene rings is 3. The Bertz CT molecular complexity index is 1360. The van der Waals surface area contributed by atoms with E-state index in [2.05, 4.69) is 0 Å². The molecule has 0 unspecified atom stereocenters. The highest BCUT2D eigenvalue weighted by molar-refractivity contribution is 6.00. The van der Waals surface area contributed by atoms with Gasteiger partial charge in [0, 0.05) is 6.92 Å². The standard InChI is InChI=1S/C24H15F3O9/c1-12(28)34-19-11-13(24(25,26)27)9-10-15(19)23(33)36-18-8-4-7-17(20(18)21(30)31)35-22(32)14-5-2-3-6-16(14)29/h2-11,29H,1H3,(H,30,31). The molecule has 0 heterocycles. The SMILES string of the molecule is CC(=O)Oc1cc(C(F)(F)F)ccc1C(=O)Oc1cccc(OC(=O)c2ccccc2O)c1C(=O)O. The lowest BCUT2D eigenvalue weighted by atomic mass is 10.1. The van der Waals surface area contributed by atoms with E-state index in [1.807, 2.05) is 0 Å². The summed E-state index contributed by atoms with van der Waals surface area (Å²) in [7, 11) is 0. The third-order valence-electron chi connectivity index (χ3n) is 4.51. The molecule has 0 amide bonds. The molecule has 0 aliphatic carbocycles. The van der Waals surface area contributed by atoms with Crippen molar-refractivity contribution in [2.45, 2.75) is 13.1 Å². The van der Waals surface area contributed by atoms with Gasteiger partial charge in [-0.2, -0.15) is 13.2 Å². The van der Waals surface area contributed by atoms with Crippen LogP contribution >= 0.6 is 0 Å². The summed E-state index contributed by atoms with van der Waals surface area (Å²) in [4.78, 5) is 48.4. The molecular formula is C24H15F3O9. The Morgan fingerprint density at radius 3 is 1.86 bits per heavy atom. The number of carbonyl (C=O) groups is 4. The number of phenols is 1. The lowest BCUT2D eigenvalue weighted by Crippen LogP contribution is -2.17. The van der Waals surface area contributed by atoms with Gasteiger partial charge < -0.3 is 24.4 Å². The van der Waals surface area contributed by atoms with E-state index >= 15 is 0 Å². The normalized spacial score (nSPS) is 10.9. The van der Waals surface area contributed by atoms with E-state index in [1.54, 1.807) is 0 Å². The number of aromatic hydroxyl groups is 1. The van der Waals surface area contributed by atoms with Crippen molar-refractivity contribution in [2.24, 2.45) is 0 Å². The largest absolute Gasteiger partial charge is 0.507 e. The minimum atomic E-state index is -4.81. The number of aromatic carboxylic acids is 1. The highest BCUT2D eigenvalue weighted by Crippen LogP contribution is 2.35. The van der Waals surface area contributed by atoms with E-state index in [4.69, 9.17) is 14.2 Å². The van der Waals surface area contributed by atoms with Crippen molar-refractivity contribution in [3.8, 4) is 23.0 Å². The van der Waals surface area contributed by atoms with Crippen molar-refractivity contribution in [1.29, 1.82) is 0 Å². The summed E-state index contributed by atoms with van der Waals surface area (Å²) in [6.07, 6.45) is -4.81. The van der Waals surface area contributed by atoms with Crippen molar-refractivity contribution < 1.29 is 56.8 Å². The Kier molecular flexibility index (Phi) is 7.28. The molecule has 0 fully saturated rings. The zero-order valence-corrected chi connectivity index (χ0v) is 18.2. The molecule has 0 saturated carbocycles. The van der Waals surface area contributed by atoms with Gasteiger partial charge in [-0.25, -0.2) is 14.4 Å². The van der Waals surface area contributed by atoms with Crippen molar-refractivity contribution >= 4 is 23.9 Å². The molecular weight excluding hydrogens is 489 g/mol. The van der Waals surface area contributed by atoms with Crippen LogP contribution in [-0.4, -0.2) is 34.1 Å². The molecule has 3 aromatic rings. The monoisotopic (exact) mass is 504 g/mol. The first-order chi connectivity index (χ1) is 16.9. The highest BCUT2D eigenvalue weighted by atomic mass is 19.4. The van der Waals surface area contributed by atoms with Gasteiger partial charge in [0.25, 0.3) is 0 Å². The van der Waals surface area contributed by atoms with Gasteiger partial charge in [0.1, 0.15) is 39.7 Å². The zero-order chi connectivity index (χ0) is 26.6. The zero-order valence-electron chi connectivity index (χ0n) is 18.2. The van der Waals surface area contributed by atoms with Crippen molar-refractivity contribution in [2.75, 3.05) is 0 Å². The van der Waals surface area contributed by atoms with Crippen molar-refractivity contribution in [3.05, 3.63) is 82.9 Å². The van der Waals surface area contributed by atoms with Crippen LogP contribution in [0.4, 0.5) is 13.2 Å². The van der Waals surface area contributed by atoms with Gasteiger partial charge in [0.15, 0.2) is 0 Å². The van der Waals surface area contributed by atoms with Gasteiger partial charge >= 0.3 is 30.1 Å². The fraction of sp³-hybridized carbons (Fsp3) is 0.0833.